The predicted molar refractivity (Wildman–Crippen MR) is 80.4 cm³/mol. The lowest BCUT2D eigenvalue weighted by Crippen LogP contribution is -2.30. The third kappa shape index (κ3) is 2.62. The molecule has 0 spiro atoms. The Kier molecular flexibility index (Phi) is 3.85. The van der Waals surface area contributed by atoms with E-state index in [1.54, 1.807) is 0 Å². The smallest absolute Gasteiger partial charge is 0.0949 e. The summed E-state index contributed by atoms with van der Waals surface area (Å²) in [7, 11) is 2.20. The fourth-order valence-corrected chi connectivity index (χ4v) is 3.01. The van der Waals surface area contributed by atoms with Gasteiger partial charge < -0.3 is 15.2 Å². The van der Waals surface area contributed by atoms with Crippen molar-refractivity contribution in [1.29, 1.82) is 0 Å². The lowest BCUT2D eigenvalue weighted by atomic mass is 10.1. The minimum absolute atomic E-state index is 0.106. The van der Waals surface area contributed by atoms with Crippen LogP contribution in [0.25, 0.3) is 0 Å². The van der Waals surface area contributed by atoms with Gasteiger partial charge in [0, 0.05) is 12.6 Å². The number of hydrogen-bond acceptors (Lipinski definition) is 3. The molecule has 0 radical (unpaired) electrons. The molecule has 0 aliphatic carbocycles. The molecule has 1 aromatic carbocycles. The first kappa shape index (κ1) is 13.3. The zero-order chi connectivity index (χ0) is 13.9. The van der Waals surface area contributed by atoms with Crippen LogP contribution >= 0.6 is 0 Å². The van der Waals surface area contributed by atoms with Gasteiger partial charge in [-0.2, -0.15) is 0 Å². The van der Waals surface area contributed by atoms with E-state index in [0.717, 1.165) is 17.8 Å². The van der Waals surface area contributed by atoms with E-state index in [1.807, 2.05) is 30.7 Å². The van der Waals surface area contributed by atoms with Crippen LogP contribution in [0.4, 0.5) is 0 Å². The number of imidazole rings is 1. The zero-order valence-corrected chi connectivity index (χ0v) is 11.9. The Morgan fingerprint density at radius 3 is 2.85 bits per heavy atom. The monoisotopic (exact) mass is 270 g/mol. The summed E-state index contributed by atoms with van der Waals surface area (Å²) in [5.41, 5.74) is 8.62. The van der Waals surface area contributed by atoms with Crippen molar-refractivity contribution in [2.45, 2.75) is 31.5 Å². The van der Waals surface area contributed by atoms with E-state index in [4.69, 9.17) is 5.73 Å². The SMILES string of the molecule is CN1CCCC1Cn1cncc1C(N)c1ccccc1. The standard InChI is InChI=1S/C16H22N4/c1-19-9-5-8-14(19)11-20-12-18-10-15(20)16(17)13-6-3-2-4-7-13/h2-4,6-7,10,12,14,16H,5,8-9,11,17H2,1H3. The summed E-state index contributed by atoms with van der Waals surface area (Å²) in [5, 5.41) is 0. The van der Waals surface area contributed by atoms with Gasteiger partial charge in [-0.05, 0) is 32.0 Å². The van der Waals surface area contributed by atoms with Crippen LogP contribution < -0.4 is 5.73 Å². The van der Waals surface area contributed by atoms with Gasteiger partial charge in [-0.25, -0.2) is 4.98 Å². The van der Waals surface area contributed by atoms with Gasteiger partial charge in [0.2, 0.25) is 0 Å². The Balaban J connectivity index is 1.79. The van der Waals surface area contributed by atoms with E-state index < -0.39 is 0 Å². The molecule has 0 saturated carbocycles. The molecular weight excluding hydrogens is 248 g/mol. The van der Waals surface area contributed by atoms with Crippen molar-refractivity contribution >= 4 is 0 Å². The van der Waals surface area contributed by atoms with Crippen molar-refractivity contribution in [3.8, 4) is 0 Å². The van der Waals surface area contributed by atoms with E-state index in [0.29, 0.717) is 6.04 Å². The topological polar surface area (TPSA) is 47.1 Å². The highest BCUT2D eigenvalue weighted by Gasteiger charge is 2.23. The van der Waals surface area contributed by atoms with E-state index in [9.17, 15) is 0 Å². The fraction of sp³-hybridized carbons (Fsp3) is 0.438. The largest absolute Gasteiger partial charge is 0.331 e. The number of nitrogens with zero attached hydrogens (tertiary/aromatic N) is 3. The molecule has 2 N–H and O–H groups in total. The highest BCUT2D eigenvalue weighted by Crippen LogP contribution is 2.22. The van der Waals surface area contributed by atoms with Gasteiger partial charge in [-0.15, -0.1) is 0 Å². The Labute approximate surface area is 120 Å². The lowest BCUT2D eigenvalue weighted by molar-refractivity contribution is 0.279. The Bertz CT molecular complexity index is 549. The molecule has 106 valence electrons. The molecule has 1 aromatic heterocycles. The maximum Gasteiger partial charge on any atom is 0.0949 e. The molecule has 1 aliphatic heterocycles. The van der Waals surface area contributed by atoms with Crippen LogP contribution in [-0.2, 0) is 6.54 Å². The average molecular weight is 270 g/mol. The maximum absolute atomic E-state index is 6.40. The molecule has 4 nitrogen and oxygen atoms in total. The van der Waals surface area contributed by atoms with Crippen molar-refractivity contribution in [3.05, 3.63) is 54.1 Å². The third-order valence-corrected chi connectivity index (χ3v) is 4.30. The summed E-state index contributed by atoms with van der Waals surface area (Å²) in [5.74, 6) is 0. The lowest BCUT2D eigenvalue weighted by Gasteiger charge is -2.22. The van der Waals surface area contributed by atoms with Gasteiger partial charge in [-0.1, -0.05) is 30.3 Å². The van der Waals surface area contributed by atoms with Crippen LogP contribution in [0.3, 0.4) is 0 Å². The van der Waals surface area contributed by atoms with Gasteiger partial charge in [0.25, 0.3) is 0 Å². The number of hydrogen-bond donors (Lipinski definition) is 1. The number of benzene rings is 1. The molecule has 4 heteroatoms. The second kappa shape index (κ2) is 5.77. The Morgan fingerprint density at radius 2 is 2.15 bits per heavy atom. The molecule has 0 bridgehead atoms. The minimum Gasteiger partial charge on any atom is -0.331 e. The predicted octanol–water partition coefficient (Wildman–Crippen LogP) is 2.03. The van der Waals surface area contributed by atoms with Crippen LogP contribution in [-0.4, -0.2) is 34.1 Å². The van der Waals surface area contributed by atoms with Crippen LogP contribution in [0.15, 0.2) is 42.9 Å². The first-order valence-corrected chi connectivity index (χ1v) is 7.26. The van der Waals surface area contributed by atoms with Crippen molar-refractivity contribution in [3.63, 3.8) is 0 Å². The van der Waals surface area contributed by atoms with Gasteiger partial charge in [0.15, 0.2) is 0 Å². The first-order valence-electron chi connectivity index (χ1n) is 7.26. The number of rotatable bonds is 4. The van der Waals surface area contributed by atoms with Crippen molar-refractivity contribution in [2.24, 2.45) is 5.73 Å². The highest BCUT2D eigenvalue weighted by molar-refractivity contribution is 5.26. The molecule has 1 fully saturated rings. The van der Waals surface area contributed by atoms with Crippen LogP contribution in [0.5, 0.6) is 0 Å². The molecule has 2 aromatic rings. The molecule has 20 heavy (non-hydrogen) atoms. The summed E-state index contributed by atoms with van der Waals surface area (Å²) in [6.45, 7) is 2.17. The second-order valence-corrected chi connectivity index (χ2v) is 5.64. The van der Waals surface area contributed by atoms with Crippen LogP contribution in [0, 0.1) is 0 Å². The average Bonchev–Trinajstić information content (AvgIpc) is 3.09. The Morgan fingerprint density at radius 1 is 1.35 bits per heavy atom. The van der Waals surface area contributed by atoms with E-state index >= 15 is 0 Å². The molecule has 1 aliphatic rings. The summed E-state index contributed by atoms with van der Waals surface area (Å²) in [6, 6.07) is 10.7. The van der Waals surface area contributed by atoms with Gasteiger partial charge >= 0.3 is 0 Å². The molecule has 2 atom stereocenters. The van der Waals surface area contributed by atoms with Gasteiger partial charge in [0.1, 0.15) is 0 Å². The van der Waals surface area contributed by atoms with Crippen molar-refractivity contribution in [1.82, 2.24) is 14.5 Å². The maximum atomic E-state index is 6.40. The first-order chi connectivity index (χ1) is 9.75. The number of likely N-dealkylation sites (N-methyl/N-ethyl adjacent to an activating group) is 1. The molecule has 2 unspecified atom stereocenters. The summed E-state index contributed by atoms with van der Waals surface area (Å²) < 4.78 is 2.21. The highest BCUT2D eigenvalue weighted by atomic mass is 15.2. The van der Waals surface area contributed by atoms with Gasteiger partial charge in [-0.3, -0.25) is 0 Å². The summed E-state index contributed by atoms with van der Waals surface area (Å²) >= 11 is 0. The molecular formula is C16H22N4. The van der Waals surface area contributed by atoms with Crippen molar-refractivity contribution in [2.75, 3.05) is 13.6 Å². The number of likely N-dealkylation sites (tertiary alicyclic amines) is 1. The van der Waals surface area contributed by atoms with E-state index in [2.05, 4.69) is 33.6 Å². The summed E-state index contributed by atoms with van der Waals surface area (Å²) in [6.07, 6.45) is 6.35. The molecule has 1 saturated heterocycles. The zero-order valence-electron chi connectivity index (χ0n) is 11.9. The quantitative estimate of drug-likeness (QED) is 0.924. The van der Waals surface area contributed by atoms with E-state index in [-0.39, 0.29) is 6.04 Å². The molecule has 0 amide bonds. The molecule has 2 heterocycles. The second-order valence-electron chi connectivity index (χ2n) is 5.64. The summed E-state index contributed by atoms with van der Waals surface area (Å²) in [4.78, 5) is 6.73. The number of aromatic nitrogens is 2. The normalized spacial score (nSPS) is 21.2. The van der Waals surface area contributed by atoms with Crippen LogP contribution in [0.1, 0.15) is 30.1 Å². The van der Waals surface area contributed by atoms with Gasteiger partial charge in [0.05, 0.1) is 24.3 Å². The van der Waals surface area contributed by atoms with Crippen LogP contribution in [0.2, 0.25) is 0 Å². The third-order valence-electron chi connectivity index (χ3n) is 4.30. The molecule has 3 rings (SSSR count). The fourth-order valence-electron chi connectivity index (χ4n) is 3.01. The Hall–Kier alpha value is -1.65. The van der Waals surface area contributed by atoms with Crippen molar-refractivity contribution < 1.29 is 0 Å². The number of nitrogens with two attached hydrogens (primary N) is 1. The minimum atomic E-state index is -0.106. The van der Waals surface area contributed by atoms with E-state index in [1.165, 1.54) is 19.4 Å².